The van der Waals surface area contributed by atoms with Gasteiger partial charge in [0.2, 0.25) is 15.9 Å². The highest BCUT2D eigenvalue weighted by Gasteiger charge is 2.41. The van der Waals surface area contributed by atoms with Gasteiger partial charge in [0.05, 0.1) is 12.0 Å². The average molecular weight is 372 g/mol. The Hall–Kier alpha value is -2.64. The Kier molecular flexibility index (Phi) is 5.11. The van der Waals surface area contributed by atoms with Crippen LogP contribution in [0, 0.1) is 0 Å². The smallest absolute Gasteiger partial charge is 0.244 e. The van der Waals surface area contributed by atoms with E-state index in [1.807, 2.05) is 36.4 Å². The van der Waals surface area contributed by atoms with Gasteiger partial charge in [0.15, 0.2) is 0 Å². The molecule has 1 aliphatic rings. The van der Waals surface area contributed by atoms with Crippen molar-refractivity contribution in [2.45, 2.75) is 16.9 Å². The molecule has 2 unspecified atom stereocenters. The summed E-state index contributed by atoms with van der Waals surface area (Å²) in [4.78, 5) is 12.3. The van der Waals surface area contributed by atoms with Gasteiger partial charge in [-0.3, -0.25) is 4.79 Å². The Balaban J connectivity index is 2.02. The number of benzene rings is 2. The summed E-state index contributed by atoms with van der Waals surface area (Å²) in [6.45, 7) is 0.0886. The lowest BCUT2D eigenvalue weighted by Crippen LogP contribution is -2.52. The van der Waals surface area contributed by atoms with E-state index in [0.717, 1.165) is 9.87 Å². The van der Waals surface area contributed by atoms with Gasteiger partial charge in [-0.25, -0.2) is 8.42 Å². The second kappa shape index (κ2) is 7.31. The number of hydrogen-bond acceptors (Lipinski definition) is 4. The van der Waals surface area contributed by atoms with Gasteiger partial charge < -0.3 is 10.5 Å². The minimum atomic E-state index is -3.90. The van der Waals surface area contributed by atoms with Crippen molar-refractivity contribution in [3.8, 4) is 5.75 Å². The van der Waals surface area contributed by atoms with Crippen molar-refractivity contribution in [3.05, 3.63) is 72.3 Å². The van der Waals surface area contributed by atoms with E-state index in [-0.39, 0.29) is 11.4 Å². The van der Waals surface area contributed by atoms with Crippen molar-refractivity contribution >= 4 is 15.9 Å². The minimum absolute atomic E-state index is 0.0886. The Morgan fingerprint density at radius 1 is 1.12 bits per heavy atom. The number of carbonyl (C=O) groups excluding carboxylic acids is 1. The number of primary amides is 1. The van der Waals surface area contributed by atoms with E-state index in [2.05, 4.69) is 0 Å². The van der Waals surface area contributed by atoms with Crippen LogP contribution in [0.15, 0.2) is 71.6 Å². The number of nitrogens with zero attached hydrogens (tertiary/aromatic N) is 1. The molecule has 0 aromatic heterocycles. The lowest BCUT2D eigenvalue weighted by atomic mass is 9.88. The third-order valence-electron chi connectivity index (χ3n) is 4.42. The standard InChI is InChI=1S/C19H20N2O4S/c1-25-15-9-11-16(12-10-15)26(23,24)21-13-5-8-17(18(21)19(20)22)14-6-3-2-4-7-14/h2-12,17-18H,13H2,1H3,(H2,20,22). The molecule has 0 spiro atoms. The maximum absolute atomic E-state index is 13.1. The number of methoxy groups -OCH3 is 1. The number of carbonyl (C=O) groups is 1. The molecule has 1 amide bonds. The lowest BCUT2D eigenvalue weighted by molar-refractivity contribution is -0.122. The third kappa shape index (κ3) is 3.36. The monoisotopic (exact) mass is 372 g/mol. The van der Waals surface area contributed by atoms with Gasteiger partial charge >= 0.3 is 0 Å². The molecule has 0 aliphatic carbocycles. The normalized spacial score (nSPS) is 20.7. The fourth-order valence-corrected chi connectivity index (χ4v) is 4.69. The number of amides is 1. The molecular weight excluding hydrogens is 352 g/mol. The number of nitrogens with two attached hydrogens (primary N) is 1. The van der Waals surface area contributed by atoms with Gasteiger partial charge in [-0.05, 0) is 29.8 Å². The molecule has 0 fully saturated rings. The second-order valence-electron chi connectivity index (χ2n) is 5.96. The number of ether oxygens (including phenoxy) is 1. The predicted octanol–water partition coefficient (Wildman–Crippen LogP) is 1.89. The van der Waals surface area contributed by atoms with Crippen molar-refractivity contribution in [1.82, 2.24) is 4.31 Å². The van der Waals surface area contributed by atoms with E-state index >= 15 is 0 Å². The Morgan fingerprint density at radius 2 is 1.77 bits per heavy atom. The number of sulfonamides is 1. The lowest BCUT2D eigenvalue weighted by Gasteiger charge is -2.35. The highest BCUT2D eigenvalue weighted by atomic mass is 32.2. The minimum Gasteiger partial charge on any atom is -0.497 e. The fourth-order valence-electron chi connectivity index (χ4n) is 3.13. The topological polar surface area (TPSA) is 89.7 Å². The first-order chi connectivity index (χ1) is 12.4. The van der Waals surface area contributed by atoms with Crippen LogP contribution in [0.2, 0.25) is 0 Å². The molecule has 6 nitrogen and oxygen atoms in total. The van der Waals surface area contributed by atoms with Gasteiger partial charge in [-0.2, -0.15) is 4.31 Å². The molecular formula is C19H20N2O4S. The highest BCUT2D eigenvalue weighted by molar-refractivity contribution is 7.89. The molecule has 2 aromatic rings. The van der Waals surface area contributed by atoms with Crippen molar-refractivity contribution in [2.75, 3.05) is 13.7 Å². The maximum Gasteiger partial charge on any atom is 0.244 e. The molecule has 7 heteroatoms. The summed E-state index contributed by atoms with van der Waals surface area (Å²) in [5.41, 5.74) is 6.44. The molecule has 1 heterocycles. The Morgan fingerprint density at radius 3 is 2.35 bits per heavy atom. The zero-order valence-electron chi connectivity index (χ0n) is 14.3. The van der Waals surface area contributed by atoms with Crippen LogP contribution in [0.1, 0.15) is 11.5 Å². The molecule has 26 heavy (non-hydrogen) atoms. The van der Waals surface area contributed by atoms with E-state index in [9.17, 15) is 13.2 Å². The molecule has 2 atom stereocenters. The van der Waals surface area contributed by atoms with Crippen LogP contribution in [0.5, 0.6) is 5.75 Å². The largest absolute Gasteiger partial charge is 0.497 e. The molecule has 3 rings (SSSR count). The molecule has 0 saturated heterocycles. The Bertz CT molecular complexity index is 908. The zero-order valence-corrected chi connectivity index (χ0v) is 15.1. The molecule has 0 bridgehead atoms. The average Bonchev–Trinajstić information content (AvgIpc) is 2.68. The third-order valence-corrected chi connectivity index (χ3v) is 6.28. The number of hydrogen-bond donors (Lipinski definition) is 1. The van der Waals surface area contributed by atoms with Crippen molar-refractivity contribution in [1.29, 1.82) is 0 Å². The van der Waals surface area contributed by atoms with Gasteiger partial charge in [0, 0.05) is 12.5 Å². The summed E-state index contributed by atoms with van der Waals surface area (Å²) in [5.74, 6) is -0.563. The summed E-state index contributed by atoms with van der Waals surface area (Å²) >= 11 is 0. The van der Waals surface area contributed by atoms with E-state index in [1.165, 1.54) is 19.2 Å². The van der Waals surface area contributed by atoms with Crippen LogP contribution in [0.4, 0.5) is 0 Å². The summed E-state index contributed by atoms with van der Waals surface area (Å²) < 4.78 is 32.5. The molecule has 2 N–H and O–H groups in total. The van der Waals surface area contributed by atoms with Gasteiger partial charge in [0.1, 0.15) is 11.8 Å². The fraction of sp³-hybridized carbons (Fsp3) is 0.211. The van der Waals surface area contributed by atoms with Crippen molar-refractivity contribution in [2.24, 2.45) is 5.73 Å². The summed E-state index contributed by atoms with van der Waals surface area (Å²) in [6.07, 6.45) is 3.59. The van der Waals surface area contributed by atoms with Gasteiger partial charge in [-0.1, -0.05) is 42.5 Å². The quantitative estimate of drug-likeness (QED) is 0.812. The van der Waals surface area contributed by atoms with Crippen molar-refractivity contribution in [3.63, 3.8) is 0 Å². The van der Waals surface area contributed by atoms with E-state index < -0.39 is 27.9 Å². The van der Waals surface area contributed by atoms with Crippen LogP contribution >= 0.6 is 0 Å². The van der Waals surface area contributed by atoms with Gasteiger partial charge in [-0.15, -0.1) is 0 Å². The summed E-state index contributed by atoms with van der Waals surface area (Å²) in [7, 11) is -2.39. The van der Waals surface area contributed by atoms with Crippen LogP contribution in [-0.4, -0.2) is 38.3 Å². The summed E-state index contributed by atoms with van der Waals surface area (Å²) in [6, 6.07) is 14.3. The van der Waals surface area contributed by atoms with E-state index in [0.29, 0.717) is 5.75 Å². The molecule has 1 aliphatic heterocycles. The summed E-state index contributed by atoms with van der Waals surface area (Å²) in [5, 5.41) is 0. The second-order valence-corrected chi connectivity index (χ2v) is 7.85. The first-order valence-electron chi connectivity index (χ1n) is 8.12. The van der Waals surface area contributed by atoms with Gasteiger partial charge in [0.25, 0.3) is 0 Å². The highest BCUT2D eigenvalue weighted by Crippen LogP contribution is 2.32. The SMILES string of the molecule is COc1ccc(S(=O)(=O)N2CC=CC(c3ccccc3)C2C(N)=O)cc1. The molecule has 2 aromatic carbocycles. The first-order valence-corrected chi connectivity index (χ1v) is 9.56. The van der Waals surface area contributed by atoms with Crippen molar-refractivity contribution < 1.29 is 17.9 Å². The van der Waals surface area contributed by atoms with Crippen LogP contribution in [-0.2, 0) is 14.8 Å². The van der Waals surface area contributed by atoms with E-state index in [4.69, 9.17) is 10.5 Å². The van der Waals surface area contributed by atoms with Crippen LogP contribution in [0.3, 0.4) is 0 Å². The maximum atomic E-state index is 13.1. The first kappa shape index (κ1) is 18.2. The molecule has 136 valence electrons. The van der Waals surface area contributed by atoms with Crippen LogP contribution < -0.4 is 10.5 Å². The zero-order chi connectivity index (χ0) is 18.7. The predicted molar refractivity (Wildman–Crippen MR) is 98.2 cm³/mol. The molecule has 0 radical (unpaired) electrons. The van der Waals surface area contributed by atoms with Crippen LogP contribution in [0.25, 0.3) is 0 Å². The van der Waals surface area contributed by atoms with E-state index in [1.54, 1.807) is 18.2 Å². The molecule has 0 saturated carbocycles. The Labute approximate surface area is 152 Å². The number of rotatable bonds is 5.